The summed E-state index contributed by atoms with van der Waals surface area (Å²) in [4.78, 5) is 9.02. The zero-order chi connectivity index (χ0) is 14.3. The van der Waals surface area contributed by atoms with E-state index in [0.29, 0.717) is 11.5 Å². The van der Waals surface area contributed by atoms with Gasteiger partial charge in [0.25, 0.3) is 0 Å². The number of nitrogens with zero attached hydrogens (tertiary/aromatic N) is 2. The molecule has 1 aliphatic carbocycles. The Morgan fingerprint density at radius 2 is 2.10 bits per heavy atom. The Morgan fingerprint density at radius 3 is 2.75 bits per heavy atom. The molecule has 2 atom stereocenters. The number of hydrogen-bond acceptors (Lipinski definition) is 4. The lowest BCUT2D eigenvalue weighted by molar-refractivity contribution is 0.263. The fraction of sp³-hybridized carbons (Fsp3) is 0.812. The number of rotatable bonds is 2. The van der Waals surface area contributed by atoms with Gasteiger partial charge in [-0.15, -0.1) is 11.3 Å². The summed E-state index contributed by atoms with van der Waals surface area (Å²) in [6, 6.07) is 0.477. The van der Waals surface area contributed by atoms with E-state index in [2.05, 4.69) is 38.0 Å². The fourth-order valence-corrected chi connectivity index (χ4v) is 4.66. The SMILES string of the molecule is CNC1CCCc2sc(N3CCC(C(C)(C)C)C3)nc21. The Hall–Kier alpha value is -0.610. The first-order chi connectivity index (χ1) is 9.49. The highest BCUT2D eigenvalue weighted by molar-refractivity contribution is 7.15. The zero-order valence-electron chi connectivity index (χ0n) is 13.2. The van der Waals surface area contributed by atoms with Crippen molar-refractivity contribution < 1.29 is 0 Å². The summed E-state index contributed by atoms with van der Waals surface area (Å²) >= 11 is 1.94. The summed E-state index contributed by atoms with van der Waals surface area (Å²) in [5, 5.41) is 4.69. The van der Waals surface area contributed by atoms with E-state index < -0.39 is 0 Å². The highest BCUT2D eigenvalue weighted by Gasteiger charge is 2.34. The molecular formula is C16H27N3S. The Morgan fingerprint density at radius 1 is 1.30 bits per heavy atom. The van der Waals surface area contributed by atoms with E-state index in [1.807, 2.05) is 11.3 Å². The Bertz CT molecular complexity index is 475. The smallest absolute Gasteiger partial charge is 0.185 e. The van der Waals surface area contributed by atoms with E-state index in [1.54, 1.807) is 0 Å². The van der Waals surface area contributed by atoms with Gasteiger partial charge in [0, 0.05) is 18.0 Å². The molecular weight excluding hydrogens is 266 g/mol. The van der Waals surface area contributed by atoms with E-state index in [9.17, 15) is 0 Å². The second kappa shape index (κ2) is 5.30. The number of fused-ring (bicyclic) bond motifs is 1. The van der Waals surface area contributed by atoms with Gasteiger partial charge in [-0.3, -0.25) is 0 Å². The summed E-state index contributed by atoms with van der Waals surface area (Å²) in [5.41, 5.74) is 1.75. The van der Waals surface area contributed by atoms with Gasteiger partial charge in [0.2, 0.25) is 0 Å². The van der Waals surface area contributed by atoms with Gasteiger partial charge < -0.3 is 10.2 Å². The predicted molar refractivity (Wildman–Crippen MR) is 86.6 cm³/mol. The van der Waals surface area contributed by atoms with Crippen LogP contribution in [0, 0.1) is 11.3 Å². The van der Waals surface area contributed by atoms with Crippen LogP contribution in [-0.2, 0) is 6.42 Å². The molecule has 0 aromatic carbocycles. The number of aromatic nitrogens is 1. The standard InChI is InChI=1S/C16H27N3S/c1-16(2,3)11-8-9-19(10-11)15-18-14-12(17-4)6-5-7-13(14)20-15/h11-12,17H,5-10H2,1-4H3. The van der Waals surface area contributed by atoms with Crippen molar-refractivity contribution in [3.05, 3.63) is 10.6 Å². The maximum absolute atomic E-state index is 4.98. The minimum absolute atomic E-state index is 0.416. The quantitative estimate of drug-likeness (QED) is 0.903. The number of aryl methyl sites for hydroxylation is 1. The molecule has 1 aromatic heterocycles. The average molecular weight is 293 g/mol. The van der Waals surface area contributed by atoms with Crippen molar-refractivity contribution in [1.82, 2.24) is 10.3 Å². The second-order valence-electron chi connectivity index (χ2n) is 7.34. The maximum atomic E-state index is 4.98. The van der Waals surface area contributed by atoms with Crippen LogP contribution in [0.2, 0.25) is 0 Å². The highest BCUT2D eigenvalue weighted by atomic mass is 32.1. The Balaban J connectivity index is 1.78. The molecule has 112 valence electrons. The minimum atomic E-state index is 0.416. The van der Waals surface area contributed by atoms with E-state index in [-0.39, 0.29) is 0 Å². The first-order valence-corrected chi connectivity index (χ1v) is 8.72. The van der Waals surface area contributed by atoms with E-state index >= 15 is 0 Å². The molecule has 0 radical (unpaired) electrons. The monoisotopic (exact) mass is 293 g/mol. The maximum Gasteiger partial charge on any atom is 0.185 e. The summed E-state index contributed by atoms with van der Waals surface area (Å²) in [6.45, 7) is 9.46. The zero-order valence-corrected chi connectivity index (χ0v) is 14.0. The minimum Gasteiger partial charge on any atom is -0.348 e. The lowest BCUT2D eigenvalue weighted by Gasteiger charge is -2.26. The van der Waals surface area contributed by atoms with Crippen LogP contribution < -0.4 is 10.2 Å². The molecule has 1 fully saturated rings. The van der Waals surface area contributed by atoms with Gasteiger partial charge in [0.05, 0.1) is 11.7 Å². The van der Waals surface area contributed by atoms with Crippen LogP contribution in [0.5, 0.6) is 0 Å². The molecule has 2 heterocycles. The fourth-order valence-electron chi connectivity index (χ4n) is 3.46. The first kappa shape index (κ1) is 14.3. The van der Waals surface area contributed by atoms with Crippen molar-refractivity contribution in [1.29, 1.82) is 0 Å². The first-order valence-electron chi connectivity index (χ1n) is 7.91. The molecule has 1 aromatic rings. The van der Waals surface area contributed by atoms with Crippen molar-refractivity contribution in [3.8, 4) is 0 Å². The van der Waals surface area contributed by atoms with Crippen LogP contribution in [0.25, 0.3) is 0 Å². The van der Waals surface area contributed by atoms with Crippen molar-refractivity contribution in [2.75, 3.05) is 25.0 Å². The van der Waals surface area contributed by atoms with Gasteiger partial charge in [-0.25, -0.2) is 4.98 Å². The van der Waals surface area contributed by atoms with Crippen LogP contribution in [-0.4, -0.2) is 25.1 Å². The lowest BCUT2D eigenvalue weighted by Crippen LogP contribution is -2.26. The van der Waals surface area contributed by atoms with Crippen LogP contribution in [0.4, 0.5) is 5.13 Å². The average Bonchev–Trinajstić information content (AvgIpc) is 3.03. The summed E-state index contributed by atoms with van der Waals surface area (Å²) in [6.07, 6.45) is 5.06. The number of hydrogen-bond donors (Lipinski definition) is 1. The van der Waals surface area contributed by atoms with Gasteiger partial charge in [-0.2, -0.15) is 0 Å². The van der Waals surface area contributed by atoms with Gasteiger partial charge in [-0.1, -0.05) is 20.8 Å². The largest absolute Gasteiger partial charge is 0.348 e. The second-order valence-corrected chi connectivity index (χ2v) is 8.40. The van der Waals surface area contributed by atoms with Crippen molar-refractivity contribution in [3.63, 3.8) is 0 Å². The third-order valence-corrected chi connectivity index (χ3v) is 6.17. The Labute approximate surface area is 126 Å². The Kier molecular flexibility index (Phi) is 3.80. The molecule has 0 amide bonds. The van der Waals surface area contributed by atoms with Crippen LogP contribution in [0.15, 0.2) is 0 Å². The molecule has 0 spiro atoms. The van der Waals surface area contributed by atoms with Crippen molar-refractivity contribution in [2.24, 2.45) is 11.3 Å². The number of nitrogens with one attached hydrogen (secondary N) is 1. The molecule has 2 aliphatic rings. The summed E-state index contributed by atoms with van der Waals surface area (Å²) in [5.74, 6) is 0.795. The van der Waals surface area contributed by atoms with E-state index in [4.69, 9.17) is 4.98 Å². The summed E-state index contributed by atoms with van der Waals surface area (Å²) in [7, 11) is 2.06. The molecule has 3 rings (SSSR count). The molecule has 2 unspecified atom stereocenters. The van der Waals surface area contributed by atoms with Crippen molar-refractivity contribution in [2.45, 2.75) is 52.5 Å². The topological polar surface area (TPSA) is 28.2 Å². The van der Waals surface area contributed by atoms with E-state index in [1.165, 1.54) is 54.5 Å². The summed E-state index contributed by atoms with van der Waals surface area (Å²) < 4.78 is 0. The highest BCUT2D eigenvalue weighted by Crippen LogP contribution is 2.40. The molecule has 0 bridgehead atoms. The molecule has 20 heavy (non-hydrogen) atoms. The van der Waals surface area contributed by atoms with Gasteiger partial charge in [0.1, 0.15) is 0 Å². The normalized spacial score (nSPS) is 26.9. The van der Waals surface area contributed by atoms with Crippen LogP contribution >= 0.6 is 11.3 Å². The molecule has 1 N–H and O–H groups in total. The van der Waals surface area contributed by atoms with Gasteiger partial charge >= 0.3 is 0 Å². The van der Waals surface area contributed by atoms with E-state index in [0.717, 1.165) is 5.92 Å². The molecule has 1 aliphatic heterocycles. The number of anilines is 1. The molecule has 0 saturated carbocycles. The predicted octanol–water partition coefficient (Wildman–Crippen LogP) is 3.61. The molecule has 3 nitrogen and oxygen atoms in total. The third kappa shape index (κ3) is 2.60. The third-order valence-electron chi connectivity index (χ3n) is 4.97. The van der Waals surface area contributed by atoms with Crippen LogP contribution in [0.1, 0.15) is 56.6 Å². The molecule has 4 heteroatoms. The van der Waals surface area contributed by atoms with Crippen LogP contribution in [0.3, 0.4) is 0 Å². The lowest BCUT2D eigenvalue weighted by atomic mass is 9.80. The van der Waals surface area contributed by atoms with Crippen molar-refractivity contribution >= 4 is 16.5 Å². The van der Waals surface area contributed by atoms with Gasteiger partial charge in [0.15, 0.2) is 5.13 Å². The van der Waals surface area contributed by atoms with Gasteiger partial charge in [-0.05, 0) is 44.1 Å². The number of thiazole rings is 1. The molecule has 1 saturated heterocycles.